The summed E-state index contributed by atoms with van der Waals surface area (Å²) in [5.41, 5.74) is 0.752. The number of Topliss-reactive ketones (excluding diaryl/α,β-unsaturated/α-hetero) is 1. The third kappa shape index (κ3) is 3.54. The van der Waals surface area contributed by atoms with Crippen molar-refractivity contribution in [1.29, 1.82) is 0 Å². The monoisotopic (exact) mass is 292 g/mol. The van der Waals surface area contributed by atoms with Crippen molar-refractivity contribution in [3.8, 4) is 0 Å². The van der Waals surface area contributed by atoms with Crippen molar-refractivity contribution in [2.45, 2.75) is 86.5 Å². The number of hydrogen-bond donors (Lipinski definition) is 0. The van der Waals surface area contributed by atoms with Crippen molar-refractivity contribution in [1.82, 2.24) is 0 Å². The first-order valence-electron chi connectivity index (χ1n) is 9.18. The molecule has 0 radical (unpaired) electrons. The molecule has 0 spiro atoms. The highest BCUT2D eigenvalue weighted by Gasteiger charge is 2.52. The predicted octanol–water partition coefficient (Wildman–Crippen LogP) is 5.87. The third-order valence-electron chi connectivity index (χ3n) is 6.82. The van der Waals surface area contributed by atoms with E-state index in [4.69, 9.17) is 0 Å². The van der Waals surface area contributed by atoms with Gasteiger partial charge >= 0.3 is 0 Å². The molecule has 0 aromatic rings. The van der Waals surface area contributed by atoms with Gasteiger partial charge in [0.25, 0.3) is 0 Å². The fourth-order valence-corrected chi connectivity index (χ4v) is 5.15. The lowest BCUT2D eigenvalue weighted by Gasteiger charge is -2.44. The van der Waals surface area contributed by atoms with Gasteiger partial charge in [-0.15, -0.1) is 0 Å². The van der Waals surface area contributed by atoms with Gasteiger partial charge in [-0.25, -0.2) is 0 Å². The average Bonchev–Trinajstić information content (AvgIpc) is 2.73. The quantitative estimate of drug-likeness (QED) is 0.633. The van der Waals surface area contributed by atoms with Crippen LogP contribution in [0.2, 0.25) is 0 Å². The van der Waals surface area contributed by atoms with Crippen molar-refractivity contribution in [3.05, 3.63) is 0 Å². The van der Waals surface area contributed by atoms with Gasteiger partial charge in [0.1, 0.15) is 5.78 Å². The number of ketones is 1. The molecule has 2 unspecified atom stereocenters. The minimum absolute atomic E-state index is 0.310. The summed E-state index contributed by atoms with van der Waals surface area (Å²) in [7, 11) is 0. The largest absolute Gasteiger partial charge is 0.299 e. The van der Waals surface area contributed by atoms with Crippen LogP contribution in [0.25, 0.3) is 0 Å². The zero-order valence-electron chi connectivity index (χ0n) is 15.2. The number of carbonyl (C=O) groups excluding carboxylic acids is 1. The Labute approximate surface area is 132 Å². The van der Waals surface area contributed by atoms with Gasteiger partial charge in [0.2, 0.25) is 0 Å². The van der Waals surface area contributed by atoms with Crippen LogP contribution in [-0.4, -0.2) is 5.78 Å². The molecular weight excluding hydrogens is 256 g/mol. The van der Waals surface area contributed by atoms with Crippen molar-refractivity contribution >= 4 is 5.78 Å². The Balaban J connectivity index is 2.02. The zero-order valence-corrected chi connectivity index (χ0v) is 15.2. The normalized spacial score (nSPS) is 36.4. The van der Waals surface area contributed by atoms with E-state index in [2.05, 4.69) is 41.5 Å². The van der Waals surface area contributed by atoms with Crippen LogP contribution in [0.15, 0.2) is 0 Å². The van der Waals surface area contributed by atoms with Gasteiger partial charge in [0.05, 0.1) is 0 Å². The molecule has 0 bridgehead atoms. The molecule has 2 fully saturated rings. The van der Waals surface area contributed by atoms with E-state index in [9.17, 15) is 4.79 Å². The van der Waals surface area contributed by atoms with Gasteiger partial charge in [0.15, 0.2) is 0 Å². The topological polar surface area (TPSA) is 17.1 Å². The Kier molecular flexibility index (Phi) is 4.90. The second-order valence-corrected chi connectivity index (χ2v) is 9.50. The number of rotatable bonds is 4. The summed E-state index contributed by atoms with van der Waals surface area (Å²) in [5.74, 6) is 3.26. The summed E-state index contributed by atoms with van der Waals surface area (Å²) >= 11 is 0. The van der Waals surface area contributed by atoms with Gasteiger partial charge in [-0.05, 0) is 67.1 Å². The second kappa shape index (κ2) is 6.05. The molecule has 0 saturated heterocycles. The van der Waals surface area contributed by atoms with Crippen LogP contribution < -0.4 is 0 Å². The summed E-state index contributed by atoms with van der Waals surface area (Å²) in [6.07, 6.45) is 8.35. The Bertz CT molecular complexity index is 378. The standard InChI is InChI=1S/C20H36O/c1-14(11-13-19(3,4)5)15(2)16-9-10-17-18(21)8-7-12-20(16,17)6/h14-17H,7-13H2,1-6H3/t14-,15-,16?,17?,20+/m0/s1. The first-order valence-corrected chi connectivity index (χ1v) is 9.18. The average molecular weight is 293 g/mol. The molecule has 5 atom stereocenters. The minimum Gasteiger partial charge on any atom is -0.299 e. The Morgan fingerprint density at radius 3 is 2.52 bits per heavy atom. The lowest BCUT2D eigenvalue weighted by atomic mass is 9.60. The molecule has 0 heterocycles. The van der Waals surface area contributed by atoms with Crippen LogP contribution in [0.1, 0.15) is 86.5 Å². The highest BCUT2D eigenvalue weighted by atomic mass is 16.1. The van der Waals surface area contributed by atoms with Crippen LogP contribution in [0.4, 0.5) is 0 Å². The predicted molar refractivity (Wildman–Crippen MR) is 90.2 cm³/mol. The van der Waals surface area contributed by atoms with E-state index >= 15 is 0 Å². The Hall–Kier alpha value is -0.330. The molecule has 2 aliphatic carbocycles. The van der Waals surface area contributed by atoms with Gasteiger partial charge in [0, 0.05) is 12.3 Å². The van der Waals surface area contributed by atoms with Crippen molar-refractivity contribution in [2.24, 2.45) is 34.5 Å². The molecule has 0 aromatic carbocycles. The maximum atomic E-state index is 12.3. The van der Waals surface area contributed by atoms with Crippen LogP contribution in [0, 0.1) is 34.5 Å². The van der Waals surface area contributed by atoms with E-state index in [1.165, 1.54) is 25.7 Å². The maximum absolute atomic E-state index is 12.3. The SMILES string of the molecule is C[C@H](C1CCC2C(=O)CCC[C@@]21C)[C@@H](C)CCC(C)(C)C. The summed E-state index contributed by atoms with van der Waals surface area (Å²) in [5, 5.41) is 0. The number of fused-ring (bicyclic) bond motifs is 1. The first-order chi connectivity index (χ1) is 9.65. The van der Waals surface area contributed by atoms with Gasteiger partial charge in [-0.3, -0.25) is 4.79 Å². The highest BCUT2D eigenvalue weighted by molar-refractivity contribution is 5.83. The number of hydrogen-bond acceptors (Lipinski definition) is 1. The van der Waals surface area contributed by atoms with E-state index in [-0.39, 0.29) is 0 Å². The van der Waals surface area contributed by atoms with Gasteiger partial charge < -0.3 is 0 Å². The van der Waals surface area contributed by atoms with Crippen molar-refractivity contribution in [3.63, 3.8) is 0 Å². The molecule has 0 N–H and O–H groups in total. The van der Waals surface area contributed by atoms with E-state index < -0.39 is 0 Å². The third-order valence-corrected chi connectivity index (χ3v) is 6.82. The fourth-order valence-electron chi connectivity index (χ4n) is 5.15. The lowest BCUT2D eigenvalue weighted by Crippen LogP contribution is -2.40. The smallest absolute Gasteiger partial charge is 0.136 e. The zero-order chi connectivity index (χ0) is 15.8. The molecule has 2 rings (SSSR count). The summed E-state index contributed by atoms with van der Waals surface area (Å²) in [6.45, 7) is 14.4. The molecule has 1 heteroatoms. The Morgan fingerprint density at radius 1 is 1.24 bits per heavy atom. The molecule has 2 aliphatic rings. The summed E-state index contributed by atoms with van der Waals surface area (Å²) < 4.78 is 0. The first kappa shape index (κ1) is 17.0. The van der Waals surface area contributed by atoms with E-state index in [1.807, 2.05) is 0 Å². The highest BCUT2D eigenvalue weighted by Crippen LogP contribution is 2.57. The van der Waals surface area contributed by atoms with Gasteiger partial charge in [-0.2, -0.15) is 0 Å². The minimum atomic E-state index is 0.310. The number of carbonyl (C=O) groups is 1. The maximum Gasteiger partial charge on any atom is 0.136 e. The van der Waals surface area contributed by atoms with Crippen LogP contribution in [0.5, 0.6) is 0 Å². The molecule has 2 saturated carbocycles. The lowest BCUT2D eigenvalue weighted by molar-refractivity contribution is -0.130. The summed E-state index contributed by atoms with van der Waals surface area (Å²) in [4.78, 5) is 12.3. The van der Waals surface area contributed by atoms with Crippen molar-refractivity contribution < 1.29 is 4.79 Å². The summed E-state index contributed by atoms with van der Waals surface area (Å²) in [6, 6.07) is 0. The molecular formula is C20H36O. The van der Waals surface area contributed by atoms with Crippen LogP contribution in [0.3, 0.4) is 0 Å². The molecule has 0 aromatic heterocycles. The van der Waals surface area contributed by atoms with Crippen LogP contribution >= 0.6 is 0 Å². The van der Waals surface area contributed by atoms with Crippen molar-refractivity contribution in [2.75, 3.05) is 0 Å². The molecule has 0 aliphatic heterocycles. The molecule has 1 nitrogen and oxygen atoms in total. The Morgan fingerprint density at radius 2 is 1.90 bits per heavy atom. The molecule has 122 valence electrons. The van der Waals surface area contributed by atoms with E-state index in [0.29, 0.717) is 22.5 Å². The molecule has 0 amide bonds. The fraction of sp³-hybridized carbons (Fsp3) is 0.950. The van der Waals surface area contributed by atoms with Gasteiger partial charge in [-0.1, -0.05) is 41.5 Å². The second-order valence-electron chi connectivity index (χ2n) is 9.50. The molecule has 21 heavy (non-hydrogen) atoms. The van der Waals surface area contributed by atoms with E-state index in [0.717, 1.165) is 37.0 Å². The van der Waals surface area contributed by atoms with Crippen LogP contribution in [-0.2, 0) is 4.79 Å². The van der Waals surface area contributed by atoms with E-state index in [1.54, 1.807) is 0 Å².